The van der Waals surface area contributed by atoms with Crippen LogP contribution < -0.4 is 10.2 Å². The summed E-state index contributed by atoms with van der Waals surface area (Å²) < 4.78 is 0. The van der Waals surface area contributed by atoms with Gasteiger partial charge in [-0.15, -0.1) is 0 Å². The van der Waals surface area contributed by atoms with Crippen LogP contribution in [0.4, 0.5) is 11.4 Å². The highest BCUT2D eigenvalue weighted by atomic mass is 16.1. The molecule has 3 nitrogen and oxygen atoms in total. The third-order valence-corrected chi connectivity index (χ3v) is 2.95. The number of benzene rings is 1. The fourth-order valence-electron chi connectivity index (χ4n) is 2.24. The average molecular weight is 218 g/mol. The second-order valence-electron chi connectivity index (χ2n) is 4.56. The molecule has 86 valence electrons. The topological polar surface area (TPSA) is 32.3 Å². The number of fused-ring (bicyclic) bond motifs is 1. The summed E-state index contributed by atoms with van der Waals surface area (Å²) in [5.41, 5.74) is 3.54. The smallest absolute Gasteiger partial charge is 0.221 e. The van der Waals surface area contributed by atoms with E-state index in [2.05, 4.69) is 36.2 Å². The van der Waals surface area contributed by atoms with E-state index in [0.717, 1.165) is 18.7 Å². The van der Waals surface area contributed by atoms with Gasteiger partial charge in [0.15, 0.2) is 0 Å². The van der Waals surface area contributed by atoms with Crippen molar-refractivity contribution in [2.75, 3.05) is 16.8 Å². The molecule has 0 saturated heterocycles. The zero-order valence-corrected chi connectivity index (χ0v) is 10.1. The summed E-state index contributed by atoms with van der Waals surface area (Å²) in [5, 5.41) is 2.82. The van der Waals surface area contributed by atoms with E-state index in [1.807, 2.05) is 6.07 Å². The maximum absolute atomic E-state index is 11.0. The molecule has 1 aliphatic heterocycles. The number of nitrogens with zero attached hydrogens (tertiary/aromatic N) is 1. The number of rotatable bonds is 2. The monoisotopic (exact) mass is 218 g/mol. The van der Waals surface area contributed by atoms with Crippen molar-refractivity contribution in [1.29, 1.82) is 0 Å². The Hall–Kier alpha value is -1.51. The first-order valence-electron chi connectivity index (χ1n) is 5.75. The Balaban J connectivity index is 2.25. The van der Waals surface area contributed by atoms with Crippen molar-refractivity contribution >= 4 is 17.3 Å². The summed E-state index contributed by atoms with van der Waals surface area (Å²) in [6, 6.07) is 6.70. The van der Waals surface area contributed by atoms with Gasteiger partial charge < -0.3 is 10.2 Å². The molecule has 16 heavy (non-hydrogen) atoms. The van der Waals surface area contributed by atoms with E-state index in [9.17, 15) is 4.79 Å². The Bertz CT molecular complexity index is 412. The molecule has 0 atom stereocenters. The van der Waals surface area contributed by atoms with Gasteiger partial charge in [-0.3, -0.25) is 4.79 Å². The molecule has 0 saturated carbocycles. The molecule has 1 amide bonds. The molecule has 0 aliphatic carbocycles. The van der Waals surface area contributed by atoms with Crippen molar-refractivity contribution < 1.29 is 4.79 Å². The highest BCUT2D eigenvalue weighted by molar-refractivity contribution is 5.89. The summed E-state index contributed by atoms with van der Waals surface area (Å²) in [6.45, 7) is 7.03. The first-order valence-corrected chi connectivity index (χ1v) is 5.75. The molecule has 1 aromatic rings. The van der Waals surface area contributed by atoms with Crippen LogP contribution in [0, 0.1) is 0 Å². The SMILES string of the molecule is CC(=O)Nc1ccc2c(c1)CCN2C(C)C. The zero-order chi connectivity index (χ0) is 11.7. The number of hydrogen-bond donors (Lipinski definition) is 1. The minimum Gasteiger partial charge on any atom is -0.369 e. The molecule has 0 spiro atoms. The van der Waals surface area contributed by atoms with Crippen molar-refractivity contribution in [1.82, 2.24) is 0 Å². The van der Waals surface area contributed by atoms with E-state index < -0.39 is 0 Å². The van der Waals surface area contributed by atoms with Crippen LogP contribution in [-0.4, -0.2) is 18.5 Å². The Morgan fingerprint density at radius 1 is 1.44 bits per heavy atom. The maximum atomic E-state index is 11.0. The lowest BCUT2D eigenvalue weighted by Gasteiger charge is -2.24. The van der Waals surface area contributed by atoms with Crippen molar-refractivity contribution in [3.63, 3.8) is 0 Å². The van der Waals surface area contributed by atoms with Gasteiger partial charge >= 0.3 is 0 Å². The summed E-state index contributed by atoms with van der Waals surface area (Å²) in [7, 11) is 0. The Morgan fingerprint density at radius 3 is 2.81 bits per heavy atom. The molecular weight excluding hydrogens is 200 g/mol. The third-order valence-electron chi connectivity index (χ3n) is 2.95. The molecule has 0 radical (unpaired) electrons. The molecule has 1 aliphatic rings. The van der Waals surface area contributed by atoms with E-state index in [0.29, 0.717) is 6.04 Å². The van der Waals surface area contributed by atoms with Gasteiger partial charge in [-0.25, -0.2) is 0 Å². The Labute approximate surface area is 96.5 Å². The van der Waals surface area contributed by atoms with Gasteiger partial charge in [-0.2, -0.15) is 0 Å². The van der Waals surface area contributed by atoms with Gasteiger partial charge in [-0.1, -0.05) is 0 Å². The minimum atomic E-state index is -0.0151. The van der Waals surface area contributed by atoms with E-state index in [1.165, 1.54) is 18.2 Å². The van der Waals surface area contributed by atoms with Crippen molar-refractivity contribution in [3.8, 4) is 0 Å². The number of carbonyl (C=O) groups excluding carboxylic acids is 1. The molecular formula is C13H18N2O. The number of anilines is 2. The molecule has 0 unspecified atom stereocenters. The van der Waals surface area contributed by atoms with Gasteiger partial charge in [0, 0.05) is 30.9 Å². The van der Waals surface area contributed by atoms with E-state index in [4.69, 9.17) is 0 Å². The Morgan fingerprint density at radius 2 is 2.19 bits per heavy atom. The van der Waals surface area contributed by atoms with Crippen LogP contribution in [-0.2, 0) is 11.2 Å². The second-order valence-corrected chi connectivity index (χ2v) is 4.56. The van der Waals surface area contributed by atoms with Crippen LogP contribution in [0.1, 0.15) is 26.3 Å². The van der Waals surface area contributed by atoms with Gasteiger partial charge in [0.2, 0.25) is 5.91 Å². The quantitative estimate of drug-likeness (QED) is 0.826. The third kappa shape index (κ3) is 2.03. The second kappa shape index (κ2) is 4.16. The molecule has 3 heteroatoms. The molecule has 1 N–H and O–H groups in total. The predicted octanol–water partition coefficient (Wildman–Crippen LogP) is 2.42. The molecule has 0 bridgehead atoms. The predicted molar refractivity (Wildman–Crippen MR) is 66.9 cm³/mol. The first kappa shape index (κ1) is 11.0. The molecule has 0 fully saturated rings. The van der Waals surface area contributed by atoms with Crippen molar-refractivity contribution in [2.24, 2.45) is 0 Å². The zero-order valence-electron chi connectivity index (χ0n) is 10.1. The normalized spacial score (nSPS) is 14.1. The van der Waals surface area contributed by atoms with Crippen LogP contribution in [0.3, 0.4) is 0 Å². The number of carbonyl (C=O) groups is 1. The fourth-order valence-corrected chi connectivity index (χ4v) is 2.24. The molecule has 2 rings (SSSR count). The van der Waals surface area contributed by atoms with Crippen LogP contribution in [0.2, 0.25) is 0 Å². The highest BCUT2D eigenvalue weighted by Gasteiger charge is 2.21. The molecule has 1 heterocycles. The largest absolute Gasteiger partial charge is 0.369 e. The van der Waals surface area contributed by atoms with Crippen molar-refractivity contribution in [2.45, 2.75) is 33.2 Å². The van der Waals surface area contributed by atoms with Crippen LogP contribution in [0.5, 0.6) is 0 Å². The van der Waals surface area contributed by atoms with Crippen LogP contribution >= 0.6 is 0 Å². The lowest BCUT2D eigenvalue weighted by atomic mass is 10.1. The maximum Gasteiger partial charge on any atom is 0.221 e. The first-order chi connectivity index (χ1) is 7.58. The molecule has 1 aromatic carbocycles. The van der Waals surface area contributed by atoms with Crippen molar-refractivity contribution in [3.05, 3.63) is 23.8 Å². The molecule has 0 aromatic heterocycles. The van der Waals surface area contributed by atoms with E-state index in [1.54, 1.807) is 0 Å². The van der Waals surface area contributed by atoms with Gasteiger partial charge in [0.05, 0.1) is 0 Å². The summed E-state index contributed by atoms with van der Waals surface area (Å²) >= 11 is 0. The van der Waals surface area contributed by atoms with Gasteiger partial charge in [-0.05, 0) is 44.0 Å². The number of amides is 1. The number of hydrogen-bond acceptors (Lipinski definition) is 2. The van der Waals surface area contributed by atoms with E-state index >= 15 is 0 Å². The van der Waals surface area contributed by atoms with Gasteiger partial charge in [0.25, 0.3) is 0 Å². The lowest BCUT2D eigenvalue weighted by Crippen LogP contribution is -2.28. The minimum absolute atomic E-state index is 0.0151. The fraction of sp³-hybridized carbons (Fsp3) is 0.462. The van der Waals surface area contributed by atoms with Crippen LogP contribution in [0.15, 0.2) is 18.2 Å². The highest BCUT2D eigenvalue weighted by Crippen LogP contribution is 2.31. The number of nitrogens with one attached hydrogen (secondary N) is 1. The summed E-state index contributed by atoms with van der Waals surface area (Å²) in [4.78, 5) is 13.4. The summed E-state index contributed by atoms with van der Waals surface area (Å²) in [6.07, 6.45) is 1.07. The summed E-state index contributed by atoms with van der Waals surface area (Å²) in [5.74, 6) is -0.0151. The average Bonchev–Trinajstić information content (AvgIpc) is 2.59. The Kier molecular flexibility index (Phi) is 2.86. The standard InChI is InChI=1S/C13H18N2O/c1-9(2)15-7-6-11-8-12(14-10(3)16)4-5-13(11)15/h4-5,8-9H,6-7H2,1-3H3,(H,14,16). The van der Waals surface area contributed by atoms with E-state index in [-0.39, 0.29) is 5.91 Å². The lowest BCUT2D eigenvalue weighted by molar-refractivity contribution is -0.114. The van der Waals surface area contributed by atoms with Crippen LogP contribution in [0.25, 0.3) is 0 Å². The van der Waals surface area contributed by atoms with Gasteiger partial charge in [0.1, 0.15) is 0 Å².